The quantitative estimate of drug-likeness (QED) is 0.742. The third kappa shape index (κ3) is 2.69. The van der Waals surface area contributed by atoms with Gasteiger partial charge in [-0.1, -0.05) is 29.8 Å². The Morgan fingerprint density at radius 3 is 2.29 bits per heavy atom. The first-order valence-corrected chi connectivity index (χ1v) is 8.38. The van der Waals surface area contributed by atoms with Crippen LogP contribution in [0.2, 0.25) is 5.02 Å². The highest BCUT2D eigenvalue weighted by Crippen LogP contribution is 2.52. The first-order valence-electron chi connectivity index (χ1n) is 6.03. The lowest BCUT2D eigenvalue weighted by Gasteiger charge is -2.17. The Hall–Kier alpha value is -0.0500. The van der Waals surface area contributed by atoms with Crippen molar-refractivity contribution in [1.82, 2.24) is 0 Å². The molecule has 1 saturated carbocycles. The fraction of sp³-hybridized carbons (Fsp3) is 0.429. The van der Waals surface area contributed by atoms with Gasteiger partial charge in [-0.15, -0.1) is 23.5 Å². The summed E-state index contributed by atoms with van der Waals surface area (Å²) >= 11 is 10.0. The van der Waals surface area contributed by atoms with Crippen molar-refractivity contribution < 1.29 is 0 Å². The second-order valence-electron chi connectivity index (χ2n) is 4.68. The molecule has 1 heterocycles. The van der Waals surface area contributed by atoms with E-state index in [0.29, 0.717) is 5.41 Å². The van der Waals surface area contributed by atoms with Crippen molar-refractivity contribution in [3.63, 3.8) is 0 Å². The van der Waals surface area contributed by atoms with Crippen molar-refractivity contribution in [3.8, 4) is 0 Å². The van der Waals surface area contributed by atoms with E-state index in [2.05, 4.69) is 18.2 Å². The zero-order valence-electron chi connectivity index (χ0n) is 9.62. The zero-order chi connectivity index (χ0) is 11.7. The second kappa shape index (κ2) is 4.91. The number of hydrogen-bond donors (Lipinski definition) is 0. The van der Waals surface area contributed by atoms with Gasteiger partial charge in [0.25, 0.3) is 0 Å². The Labute approximate surface area is 116 Å². The topological polar surface area (TPSA) is 0 Å². The SMILES string of the molecule is Clc1ccc(C2(C=C3SCCCS3)CC2)cc1. The largest absolute Gasteiger partial charge is 0.120 e. The average molecular weight is 283 g/mol. The molecule has 2 fully saturated rings. The van der Waals surface area contributed by atoms with E-state index in [1.165, 1.54) is 40.6 Å². The number of rotatable bonds is 2. The van der Waals surface area contributed by atoms with Gasteiger partial charge < -0.3 is 0 Å². The molecule has 0 nitrogen and oxygen atoms in total. The maximum Gasteiger partial charge on any atom is 0.0406 e. The molecule has 0 aromatic heterocycles. The molecule has 0 unspecified atom stereocenters. The average Bonchev–Trinajstić information content (AvgIpc) is 3.12. The first kappa shape index (κ1) is 12.0. The van der Waals surface area contributed by atoms with Crippen molar-refractivity contribution in [1.29, 1.82) is 0 Å². The van der Waals surface area contributed by atoms with Gasteiger partial charge in [0.2, 0.25) is 0 Å². The van der Waals surface area contributed by atoms with Gasteiger partial charge in [0.1, 0.15) is 0 Å². The van der Waals surface area contributed by atoms with E-state index in [-0.39, 0.29) is 0 Å². The highest BCUT2D eigenvalue weighted by atomic mass is 35.5. The van der Waals surface area contributed by atoms with Crippen molar-refractivity contribution in [2.24, 2.45) is 0 Å². The van der Waals surface area contributed by atoms with E-state index >= 15 is 0 Å². The number of benzene rings is 1. The molecule has 90 valence electrons. The Balaban J connectivity index is 1.83. The zero-order valence-corrected chi connectivity index (χ0v) is 12.0. The predicted octanol–water partition coefficient (Wildman–Crippen LogP) is 5.08. The summed E-state index contributed by atoms with van der Waals surface area (Å²) < 4.78 is 1.53. The molecule has 0 atom stereocenters. The van der Waals surface area contributed by atoms with Gasteiger partial charge in [0.05, 0.1) is 0 Å². The molecule has 3 heteroatoms. The summed E-state index contributed by atoms with van der Waals surface area (Å²) in [5.74, 6) is 2.57. The van der Waals surface area contributed by atoms with Gasteiger partial charge in [0.15, 0.2) is 0 Å². The highest BCUT2D eigenvalue weighted by molar-refractivity contribution is 8.22. The van der Waals surface area contributed by atoms with E-state index in [4.69, 9.17) is 11.6 Å². The minimum Gasteiger partial charge on any atom is -0.120 e. The number of thioether (sulfide) groups is 2. The normalized spacial score (nSPS) is 22.3. The molecule has 1 saturated heterocycles. The van der Waals surface area contributed by atoms with Crippen LogP contribution in [0.25, 0.3) is 0 Å². The maximum absolute atomic E-state index is 5.95. The third-order valence-corrected chi connectivity index (χ3v) is 6.13. The molecule has 17 heavy (non-hydrogen) atoms. The van der Waals surface area contributed by atoms with Crippen molar-refractivity contribution in [2.75, 3.05) is 11.5 Å². The molecule has 1 aromatic rings. The lowest BCUT2D eigenvalue weighted by Crippen LogP contribution is -2.04. The second-order valence-corrected chi connectivity index (χ2v) is 7.65. The van der Waals surface area contributed by atoms with Crippen molar-refractivity contribution >= 4 is 35.1 Å². The van der Waals surface area contributed by atoms with Crippen LogP contribution in [0.4, 0.5) is 0 Å². The van der Waals surface area contributed by atoms with Crippen LogP contribution in [0.15, 0.2) is 34.6 Å². The van der Waals surface area contributed by atoms with Gasteiger partial charge in [-0.2, -0.15) is 0 Å². The molecule has 0 radical (unpaired) electrons. The molecule has 2 aliphatic rings. The Kier molecular flexibility index (Phi) is 3.47. The Bertz CT molecular complexity index is 424. The molecule has 0 amide bonds. The van der Waals surface area contributed by atoms with Gasteiger partial charge in [0, 0.05) is 14.7 Å². The van der Waals surface area contributed by atoms with E-state index in [0.717, 1.165) is 5.02 Å². The predicted molar refractivity (Wildman–Crippen MR) is 80.0 cm³/mol. The Morgan fingerprint density at radius 1 is 1.06 bits per heavy atom. The minimum absolute atomic E-state index is 0.331. The van der Waals surface area contributed by atoms with Gasteiger partial charge >= 0.3 is 0 Å². The summed E-state index contributed by atoms with van der Waals surface area (Å²) in [6, 6.07) is 8.39. The summed E-state index contributed by atoms with van der Waals surface area (Å²) in [7, 11) is 0. The van der Waals surface area contributed by atoms with Crippen molar-refractivity contribution in [2.45, 2.75) is 24.7 Å². The van der Waals surface area contributed by atoms with Crippen LogP contribution in [0.1, 0.15) is 24.8 Å². The summed E-state index contributed by atoms with van der Waals surface area (Å²) in [4.78, 5) is 0. The lowest BCUT2D eigenvalue weighted by molar-refractivity contribution is 0.891. The fourth-order valence-corrected chi connectivity index (χ4v) is 4.93. The summed E-state index contributed by atoms with van der Waals surface area (Å²) in [6.07, 6.45) is 6.43. The van der Waals surface area contributed by atoms with Crippen molar-refractivity contribution in [3.05, 3.63) is 45.2 Å². The molecule has 3 rings (SSSR count). The number of allylic oxidation sites excluding steroid dienone is 1. The van der Waals surface area contributed by atoms with Crippen LogP contribution in [-0.4, -0.2) is 11.5 Å². The Morgan fingerprint density at radius 2 is 1.71 bits per heavy atom. The minimum atomic E-state index is 0.331. The van der Waals surface area contributed by atoms with Crippen LogP contribution in [0.5, 0.6) is 0 Å². The monoisotopic (exact) mass is 282 g/mol. The van der Waals surface area contributed by atoms with Gasteiger partial charge in [-0.3, -0.25) is 0 Å². The van der Waals surface area contributed by atoms with Crippen LogP contribution in [0.3, 0.4) is 0 Å². The molecule has 1 aliphatic heterocycles. The summed E-state index contributed by atoms with van der Waals surface area (Å²) in [5, 5.41) is 0.832. The van der Waals surface area contributed by atoms with Crippen LogP contribution in [0, 0.1) is 0 Å². The van der Waals surface area contributed by atoms with Crippen LogP contribution < -0.4 is 0 Å². The summed E-state index contributed by atoms with van der Waals surface area (Å²) in [6.45, 7) is 0. The molecule has 0 spiro atoms. The molecular formula is C14H15ClS2. The molecule has 1 aromatic carbocycles. The van der Waals surface area contributed by atoms with Gasteiger partial charge in [-0.05, 0) is 48.5 Å². The molecule has 0 bridgehead atoms. The molecular weight excluding hydrogens is 268 g/mol. The smallest absolute Gasteiger partial charge is 0.0406 e. The number of hydrogen-bond acceptors (Lipinski definition) is 2. The van der Waals surface area contributed by atoms with E-state index in [1.807, 2.05) is 35.7 Å². The lowest BCUT2D eigenvalue weighted by atomic mass is 9.96. The van der Waals surface area contributed by atoms with Crippen LogP contribution >= 0.6 is 35.1 Å². The highest BCUT2D eigenvalue weighted by Gasteiger charge is 2.42. The first-order chi connectivity index (χ1) is 8.28. The number of halogens is 1. The van der Waals surface area contributed by atoms with E-state index < -0.39 is 0 Å². The molecule has 0 N–H and O–H groups in total. The van der Waals surface area contributed by atoms with E-state index in [1.54, 1.807) is 0 Å². The standard InChI is InChI=1S/C14H15ClS2/c15-12-4-2-11(3-5-12)14(6-7-14)10-13-16-8-1-9-17-13/h2-5,10H,1,6-9H2. The van der Waals surface area contributed by atoms with E-state index in [9.17, 15) is 0 Å². The third-order valence-electron chi connectivity index (χ3n) is 3.38. The molecule has 1 aliphatic carbocycles. The van der Waals surface area contributed by atoms with Crippen LogP contribution in [-0.2, 0) is 5.41 Å². The fourth-order valence-electron chi connectivity index (χ4n) is 2.19. The summed E-state index contributed by atoms with van der Waals surface area (Å²) in [5.41, 5.74) is 1.76. The van der Waals surface area contributed by atoms with Gasteiger partial charge in [-0.25, -0.2) is 0 Å². The maximum atomic E-state index is 5.95.